The third kappa shape index (κ3) is 2.46. The Kier molecular flexibility index (Phi) is 3.34. The molecule has 0 amide bonds. The molecule has 0 aliphatic heterocycles. The minimum atomic E-state index is -0.0935. The first kappa shape index (κ1) is 9.01. The van der Waals surface area contributed by atoms with E-state index in [1.165, 1.54) is 6.42 Å². The first-order valence-electron chi connectivity index (χ1n) is 4.68. The largest absolute Gasteiger partial charge is 0.392 e. The Bertz CT molecular complexity index is 116. The second kappa shape index (κ2) is 4.07. The molecule has 1 saturated carbocycles. The highest BCUT2D eigenvalue weighted by atomic mass is 16.3. The van der Waals surface area contributed by atoms with Gasteiger partial charge in [0.15, 0.2) is 0 Å². The molecule has 0 aromatic heterocycles. The summed E-state index contributed by atoms with van der Waals surface area (Å²) in [5, 5.41) is 12.9. The van der Waals surface area contributed by atoms with Crippen LogP contribution in [0, 0.1) is 0 Å². The fraction of sp³-hybridized carbons (Fsp3) is 1.00. The van der Waals surface area contributed by atoms with E-state index in [2.05, 4.69) is 19.2 Å². The summed E-state index contributed by atoms with van der Waals surface area (Å²) >= 11 is 0. The van der Waals surface area contributed by atoms with Crippen LogP contribution in [0.4, 0.5) is 0 Å². The number of rotatable bonds is 3. The van der Waals surface area contributed by atoms with Gasteiger partial charge in [-0.25, -0.2) is 0 Å². The molecule has 0 aromatic carbocycles. The van der Waals surface area contributed by atoms with Gasteiger partial charge in [-0.15, -0.1) is 0 Å². The normalized spacial score (nSPS) is 34.1. The maximum absolute atomic E-state index is 9.47. The van der Waals surface area contributed by atoms with E-state index in [1.54, 1.807) is 0 Å². The Morgan fingerprint density at radius 1 is 1.55 bits per heavy atom. The number of hydrogen-bond donors (Lipinski definition) is 2. The first-order chi connectivity index (χ1) is 5.24. The molecule has 1 aliphatic carbocycles. The van der Waals surface area contributed by atoms with Gasteiger partial charge in [0.1, 0.15) is 0 Å². The molecule has 0 radical (unpaired) electrons. The van der Waals surface area contributed by atoms with Gasteiger partial charge >= 0.3 is 0 Å². The molecule has 2 N–H and O–H groups in total. The summed E-state index contributed by atoms with van der Waals surface area (Å²) in [6, 6.07) is 0.915. The standard InChI is InChI=1S/C9H19NO/c1-3-7(2)10-8-5-4-6-9(8)11/h7-11H,3-6H2,1-2H3/t7-,8+,9-/m1/s1. The predicted octanol–water partition coefficient (Wildman–Crippen LogP) is 1.29. The first-order valence-corrected chi connectivity index (χ1v) is 4.68. The highest BCUT2D eigenvalue weighted by Gasteiger charge is 2.25. The molecule has 0 saturated heterocycles. The lowest BCUT2D eigenvalue weighted by Crippen LogP contribution is -2.40. The van der Waals surface area contributed by atoms with Crippen LogP contribution < -0.4 is 5.32 Å². The van der Waals surface area contributed by atoms with Gasteiger partial charge in [0, 0.05) is 12.1 Å². The minimum absolute atomic E-state index is 0.0935. The molecule has 1 rings (SSSR count). The topological polar surface area (TPSA) is 32.3 Å². The zero-order valence-corrected chi connectivity index (χ0v) is 7.51. The average molecular weight is 157 g/mol. The summed E-state index contributed by atoms with van der Waals surface area (Å²) in [7, 11) is 0. The number of aliphatic hydroxyl groups is 1. The van der Waals surface area contributed by atoms with E-state index in [1.807, 2.05) is 0 Å². The molecule has 0 unspecified atom stereocenters. The molecule has 0 bridgehead atoms. The van der Waals surface area contributed by atoms with Crippen LogP contribution in [-0.2, 0) is 0 Å². The molecule has 1 fully saturated rings. The zero-order chi connectivity index (χ0) is 8.27. The fourth-order valence-corrected chi connectivity index (χ4v) is 1.62. The summed E-state index contributed by atoms with van der Waals surface area (Å²) in [4.78, 5) is 0. The van der Waals surface area contributed by atoms with Crippen molar-refractivity contribution in [2.45, 2.75) is 57.7 Å². The molecule has 1 aliphatic rings. The Morgan fingerprint density at radius 3 is 2.73 bits per heavy atom. The molecular weight excluding hydrogens is 138 g/mol. The molecule has 0 aromatic rings. The van der Waals surface area contributed by atoms with Gasteiger partial charge in [-0.3, -0.25) is 0 Å². The van der Waals surface area contributed by atoms with Gasteiger partial charge in [-0.2, -0.15) is 0 Å². The molecule has 2 nitrogen and oxygen atoms in total. The highest BCUT2D eigenvalue weighted by molar-refractivity contribution is 4.83. The highest BCUT2D eigenvalue weighted by Crippen LogP contribution is 2.19. The summed E-state index contributed by atoms with van der Waals surface area (Å²) in [5.41, 5.74) is 0. The van der Waals surface area contributed by atoms with Gasteiger partial charge in [0.05, 0.1) is 6.10 Å². The van der Waals surface area contributed by atoms with Crippen LogP contribution in [0.25, 0.3) is 0 Å². The van der Waals surface area contributed by atoms with Crippen molar-refractivity contribution in [2.75, 3.05) is 0 Å². The second-order valence-electron chi connectivity index (χ2n) is 3.58. The SMILES string of the molecule is CC[C@@H](C)N[C@H]1CCC[C@H]1O. The van der Waals surface area contributed by atoms with Crippen LogP contribution in [0.1, 0.15) is 39.5 Å². The number of hydrogen-bond acceptors (Lipinski definition) is 2. The quantitative estimate of drug-likeness (QED) is 0.647. The molecule has 2 heteroatoms. The van der Waals surface area contributed by atoms with Gasteiger partial charge in [-0.05, 0) is 32.6 Å². The smallest absolute Gasteiger partial charge is 0.0693 e. The van der Waals surface area contributed by atoms with Crippen LogP contribution in [0.2, 0.25) is 0 Å². The van der Waals surface area contributed by atoms with Crippen LogP contribution in [0.15, 0.2) is 0 Å². The molecule has 3 atom stereocenters. The molecule has 0 heterocycles. The Labute approximate surface area is 69.0 Å². The monoisotopic (exact) mass is 157 g/mol. The Morgan fingerprint density at radius 2 is 2.27 bits per heavy atom. The molecule has 11 heavy (non-hydrogen) atoms. The van der Waals surface area contributed by atoms with Gasteiger partial charge < -0.3 is 10.4 Å². The molecule has 66 valence electrons. The summed E-state index contributed by atoms with van der Waals surface area (Å²) < 4.78 is 0. The number of aliphatic hydroxyl groups excluding tert-OH is 1. The predicted molar refractivity (Wildman–Crippen MR) is 46.5 cm³/mol. The molecular formula is C9H19NO. The Balaban J connectivity index is 2.24. The summed E-state index contributed by atoms with van der Waals surface area (Å²) in [5.74, 6) is 0. The van der Waals surface area contributed by atoms with Crippen LogP contribution in [0.5, 0.6) is 0 Å². The fourth-order valence-electron chi connectivity index (χ4n) is 1.62. The van der Waals surface area contributed by atoms with E-state index in [-0.39, 0.29) is 6.10 Å². The van der Waals surface area contributed by atoms with Crippen LogP contribution >= 0.6 is 0 Å². The van der Waals surface area contributed by atoms with Gasteiger partial charge in [0.2, 0.25) is 0 Å². The lowest BCUT2D eigenvalue weighted by atomic mass is 10.1. The van der Waals surface area contributed by atoms with Crippen LogP contribution in [0.3, 0.4) is 0 Å². The summed E-state index contributed by atoms with van der Waals surface area (Å²) in [6.45, 7) is 4.34. The van der Waals surface area contributed by atoms with Crippen molar-refractivity contribution in [2.24, 2.45) is 0 Å². The zero-order valence-electron chi connectivity index (χ0n) is 7.51. The van der Waals surface area contributed by atoms with E-state index in [0.717, 1.165) is 19.3 Å². The second-order valence-corrected chi connectivity index (χ2v) is 3.58. The van der Waals surface area contributed by atoms with E-state index in [0.29, 0.717) is 12.1 Å². The number of nitrogens with one attached hydrogen (secondary N) is 1. The van der Waals surface area contributed by atoms with Crippen molar-refractivity contribution in [1.82, 2.24) is 5.32 Å². The summed E-state index contributed by atoms with van der Waals surface area (Å²) in [6.07, 6.45) is 4.35. The van der Waals surface area contributed by atoms with Crippen LogP contribution in [-0.4, -0.2) is 23.3 Å². The third-order valence-electron chi connectivity index (χ3n) is 2.59. The van der Waals surface area contributed by atoms with Crippen molar-refractivity contribution >= 4 is 0 Å². The van der Waals surface area contributed by atoms with Gasteiger partial charge in [-0.1, -0.05) is 6.92 Å². The lowest BCUT2D eigenvalue weighted by molar-refractivity contribution is 0.143. The van der Waals surface area contributed by atoms with Gasteiger partial charge in [0.25, 0.3) is 0 Å². The maximum Gasteiger partial charge on any atom is 0.0693 e. The average Bonchev–Trinajstić information content (AvgIpc) is 2.37. The molecule has 0 spiro atoms. The van der Waals surface area contributed by atoms with E-state index in [9.17, 15) is 5.11 Å². The third-order valence-corrected chi connectivity index (χ3v) is 2.59. The van der Waals surface area contributed by atoms with Crippen molar-refractivity contribution in [1.29, 1.82) is 0 Å². The van der Waals surface area contributed by atoms with Crippen molar-refractivity contribution in [3.05, 3.63) is 0 Å². The maximum atomic E-state index is 9.47. The van der Waals surface area contributed by atoms with E-state index < -0.39 is 0 Å². The van der Waals surface area contributed by atoms with E-state index in [4.69, 9.17) is 0 Å². The minimum Gasteiger partial charge on any atom is -0.392 e. The lowest BCUT2D eigenvalue weighted by Gasteiger charge is -2.20. The van der Waals surface area contributed by atoms with Crippen molar-refractivity contribution in [3.63, 3.8) is 0 Å². The van der Waals surface area contributed by atoms with Crippen molar-refractivity contribution in [3.8, 4) is 0 Å². The Hall–Kier alpha value is -0.0800. The van der Waals surface area contributed by atoms with Crippen molar-refractivity contribution < 1.29 is 5.11 Å². The van der Waals surface area contributed by atoms with E-state index >= 15 is 0 Å².